The van der Waals surface area contributed by atoms with Gasteiger partial charge in [0.15, 0.2) is 5.65 Å². The third-order valence-electron chi connectivity index (χ3n) is 6.42. The van der Waals surface area contributed by atoms with Crippen molar-refractivity contribution >= 4 is 22.7 Å². The number of anilines is 2. The molecule has 0 radical (unpaired) electrons. The molecule has 3 aliphatic rings. The Kier molecular flexibility index (Phi) is 3.91. The summed E-state index contributed by atoms with van der Waals surface area (Å²) in [6.45, 7) is 3.23. The average Bonchev–Trinajstić information content (AvgIpc) is 3.35. The number of hydrogen-bond acceptors (Lipinski definition) is 7. The van der Waals surface area contributed by atoms with Crippen LogP contribution in [0.15, 0.2) is 24.8 Å². The number of hydrogen-bond donors (Lipinski definition) is 0. The molecule has 0 unspecified atom stereocenters. The van der Waals surface area contributed by atoms with E-state index in [1.54, 1.807) is 6.20 Å². The van der Waals surface area contributed by atoms with Crippen LogP contribution in [0.2, 0.25) is 0 Å². The van der Waals surface area contributed by atoms with E-state index in [0.717, 1.165) is 49.9 Å². The van der Waals surface area contributed by atoms with Crippen molar-refractivity contribution in [2.24, 2.45) is 5.41 Å². The summed E-state index contributed by atoms with van der Waals surface area (Å²) in [5.74, 6) is 2.27. The second kappa shape index (κ2) is 6.55. The highest BCUT2D eigenvalue weighted by molar-refractivity contribution is 5.71. The highest BCUT2D eigenvalue weighted by Crippen LogP contribution is 2.43. The number of fused-ring (bicyclic) bond motifs is 1. The zero-order valence-corrected chi connectivity index (χ0v) is 16.5. The van der Waals surface area contributed by atoms with Crippen molar-refractivity contribution in [2.75, 3.05) is 36.0 Å². The van der Waals surface area contributed by atoms with Gasteiger partial charge in [0.1, 0.15) is 23.7 Å². The van der Waals surface area contributed by atoms with E-state index in [1.807, 2.05) is 12.4 Å². The van der Waals surface area contributed by atoms with Gasteiger partial charge in [-0.2, -0.15) is 5.10 Å². The predicted octanol–water partition coefficient (Wildman–Crippen LogP) is 2.48. The van der Waals surface area contributed by atoms with Crippen molar-refractivity contribution in [2.45, 2.75) is 38.2 Å². The summed E-state index contributed by atoms with van der Waals surface area (Å²) in [5.41, 5.74) is 2.25. The lowest BCUT2D eigenvalue weighted by molar-refractivity contribution is 0.123. The van der Waals surface area contributed by atoms with Gasteiger partial charge in [0, 0.05) is 37.5 Å². The first-order valence-electron chi connectivity index (χ1n) is 10.4. The molecule has 1 spiro atoms. The third-order valence-corrected chi connectivity index (χ3v) is 6.42. The van der Waals surface area contributed by atoms with Crippen molar-refractivity contribution in [3.63, 3.8) is 0 Å². The molecule has 0 bridgehead atoms. The van der Waals surface area contributed by atoms with E-state index in [-0.39, 0.29) is 5.41 Å². The minimum atomic E-state index is -2.48. The van der Waals surface area contributed by atoms with Crippen LogP contribution >= 0.6 is 0 Å². The van der Waals surface area contributed by atoms with Gasteiger partial charge in [-0.25, -0.2) is 33.4 Å². The molecule has 6 rings (SSSR count). The summed E-state index contributed by atoms with van der Waals surface area (Å²) in [5, 5.41) is 4.00. The summed E-state index contributed by atoms with van der Waals surface area (Å²) in [6.07, 6.45) is 8.11. The van der Waals surface area contributed by atoms with Crippen molar-refractivity contribution in [1.82, 2.24) is 29.7 Å². The van der Waals surface area contributed by atoms with Crippen LogP contribution in [0.5, 0.6) is 0 Å². The molecule has 30 heavy (non-hydrogen) atoms. The molecule has 2 saturated heterocycles. The molecule has 8 nitrogen and oxygen atoms in total. The molecule has 5 heterocycles. The van der Waals surface area contributed by atoms with Gasteiger partial charge in [-0.05, 0) is 19.3 Å². The molecule has 0 N–H and O–H groups in total. The first kappa shape index (κ1) is 17.9. The summed E-state index contributed by atoms with van der Waals surface area (Å²) >= 11 is 0. The Morgan fingerprint density at radius 2 is 1.77 bits per heavy atom. The zero-order chi connectivity index (χ0) is 20.3. The molecule has 0 amide bonds. The number of alkyl halides is 2. The Bertz CT molecular complexity index is 1070. The Balaban J connectivity index is 1.14. The normalized spacial score (nSPS) is 20.5. The lowest BCUT2D eigenvalue weighted by atomic mass is 9.79. The van der Waals surface area contributed by atoms with Gasteiger partial charge < -0.3 is 9.80 Å². The fourth-order valence-electron chi connectivity index (χ4n) is 4.64. The second-order valence-electron chi connectivity index (χ2n) is 8.76. The topological polar surface area (TPSA) is 75.9 Å². The van der Waals surface area contributed by atoms with Gasteiger partial charge in [-0.1, -0.05) is 0 Å². The first-order chi connectivity index (χ1) is 14.6. The molecule has 156 valence electrons. The molecule has 3 fully saturated rings. The Morgan fingerprint density at radius 3 is 2.50 bits per heavy atom. The number of halogens is 2. The number of rotatable bonds is 5. The summed E-state index contributed by atoms with van der Waals surface area (Å²) in [7, 11) is 0. The van der Waals surface area contributed by atoms with Crippen molar-refractivity contribution in [3.8, 4) is 0 Å². The van der Waals surface area contributed by atoms with Crippen LogP contribution in [-0.4, -0.2) is 62.3 Å². The van der Waals surface area contributed by atoms with Crippen molar-refractivity contribution in [3.05, 3.63) is 30.6 Å². The molecule has 3 aromatic heterocycles. The van der Waals surface area contributed by atoms with Crippen LogP contribution in [0.25, 0.3) is 11.2 Å². The molecule has 1 aliphatic carbocycles. The van der Waals surface area contributed by atoms with Crippen LogP contribution < -0.4 is 9.80 Å². The monoisotopic (exact) mass is 412 g/mol. The maximum absolute atomic E-state index is 12.8. The van der Waals surface area contributed by atoms with E-state index in [2.05, 4.69) is 34.8 Å². The minimum absolute atomic E-state index is 0.217. The molecule has 1 saturated carbocycles. The van der Waals surface area contributed by atoms with E-state index < -0.39 is 13.0 Å². The molecule has 0 aromatic carbocycles. The van der Waals surface area contributed by atoms with Gasteiger partial charge >= 0.3 is 0 Å². The van der Waals surface area contributed by atoms with Crippen LogP contribution in [-0.2, 0) is 6.54 Å². The zero-order valence-electron chi connectivity index (χ0n) is 16.5. The lowest BCUT2D eigenvalue weighted by Gasteiger charge is -2.49. The maximum Gasteiger partial charge on any atom is 0.258 e. The van der Waals surface area contributed by atoms with E-state index in [9.17, 15) is 8.78 Å². The number of nitrogens with zero attached hydrogens (tertiary/aromatic N) is 8. The van der Waals surface area contributed by atoms with Crippen molar-refractivity contribution in [1.29, 1.82) is 0 Å². The van der Waals surface area contributed by atoms with Crippen LogP contribution in [0.4, 0.5) is 20.3 Å². The average molecular weight is 412 g/mol. The van der Waals surface area contributed by atoms with E-state index in [0.29, 0.717) is 17.1 Å². The van der Waals surface area contributed by atoms with Crippen molar-refractivity contribution < 1.29 is 8.78 Å². The molecular weight excluding hydrogens is 390 g/mol. The third kappa shape index (κ3) is 3.05. The van der Waals surface area contributed by atoms with E-state index >= 15 is 0 Å². The van der Waals surface area contributed by atoms with Gasteiger partial charge in [-0.3, -0.25) is 0 Å². The number of aromatic nitrogens is 6. The smallest absolute Gasteiger partial charge is 0.258 e. The quantitative estimate of drug-likeness (QED) is 0.637. The SMILES string of the molecule is FC(F)Cn1ncc2ncc(N3CCC4(CN(c5cnc(C6CC6)nc5)C4)C3)nc21. The summed E-state index contributed by atoms with van der Waals surface area (Å²) in [6, 6.07) is 0. The standard InChI is InChI=1S/C20H22F2N8/c21-16(22)9-30-19-15(7-26-30)23-8-17(27-19)28-4-3-20(10-28)11-29(12-20)14-5-24-18(25-6-14)13-1-2-13/h5-8,13,16H,1-4,9-12H2. The Labute approximate surface area is 172 Å². The minimum Gasteiger partial charge on any atom is -0.368 e. The maximum atomic E-state index is 12.8. The van der Waals surface area contributed by atoms with Crippen LogP contribution in [0, 0.1) is 5.41 Å². The molecule has 3 aromatic rings. The molecule has 0 atom stereocenters. The Morgan fingerprint density at radius 1 is 1.00 bits per heavy atom. The van der Waals surface area contributed by atoms with Gasteiger partial charge in [0.05, 0.1) is 30.5 Å². The van der Waals surface area contributed by atoms with Gasteiger partial charge in [-0.15, -0.1) is 0 Å². The lowest BCUT2D eigenvalue weighted by Crippen LogP contribution is -2.57. The van der Waals surface area contributed by atoms with E-state index in [1.165, 1.54) is 23.7 Å². The van der Waals surface area contributed by atoms with E-state index in [4.69, 9.17) is 0 Å². The fourth-order valence-corrected chi connectivity index (χ4v) is 4.64. The Hall–Kier alpha value is -2.91. The van der Waals surface area contributed by atoms with Gasteiger partial charge in [0.25, 0.3) is 6.43 Å². The predicted molar refractivity (Wildman–Crippen MR) is 107 cm³/mol. The fraction of sp³-hybridized carbons (Fsp3) is 0.550. The highest BCUT2D eigenvalue weighted by Gasteiger charge is 2.48. The largest absolute Gasteiger partial charge is 0.368 e. The summed E-state index contributed by atoms with van der Waals surface area (Å²) < 4.78 is 26.8. The molecule has 2 aliphatic heterocycles. The highest BCUT2D eigenvalue weighted by atomic mass is 19.3. The molecule has 10 heteroatoms. The molecular formula is C20H22F2N8. The first-order valence-corrected chi connectivity index (χ1v) is 10.4. The second-order valence-corrected chi connectivity index (χ2v) is 8.76. The van der Waals surface area contributed by atoms with Crippen LogP contribution in [0.3, 0.4) is 0 Å². The van der Waals surface area contributed by atoms with Gasteiger partial charge in [0.2, 0.25) is 0 Å². The van der Waals surface area contributed by atoms with Crippen LogP contribution in [0.1, 0.15) is 31.0 Å². The summed E-state index contributed by atoms with van der Waals surface area (Å²) in [4.78, 5) is 22.6.